The predicted octanol–water partition coefficient (Wildman–Crippen LogP) is 3.43. The maximum absolute atomic E-state index is 12.3. The molecule has 0 unspecified atom stereocenters. The van der Waals surface area contributed by atoms with Crippen molar-refractivity contribution in [3.05, 3.63) is 84.2 Å². The van der Waals surface area contributed by atoms with Crippen LogP contribution in [0.1, 0.15) is 20.7 Å². The lowest BCUT2D eigenvalue weighted by atomic mass is 10.1. The zero-order chi connectivity index (χ0) is 16.2. The average molecular weight is 306 g/mol. The summed E-state index contributed by atoms with van der Waals surface area (Å²) in [6, 6.07) is 17.2. The molecule has 5 heteroatoms. The van der Waals surface area contributed by atoms with E-state index in [9.17, 15) is 9.59 Å². The lowest BCUT2D eigenvalue weighted by molar-refractivity contribution is 0.0698. The predicted molar refractivity (Wildman–Crippen MR) is 87.1 cm³/mol. The first-order valence-electron chi connectivity index (χ1n) is 7.02. The quantitative estimate of drug-likeness (QED) is 0.775. The molecule has 0 aliphatic heterocycles. The molecule has 0 bridgehead atoms. The summed E-state index contributed by atoms with van der Waals surface area (Å²) in [5.74, 6) is -1.43. The number of benzene rings is 2. The molecule has 1 heterocycles. The van der Waals surface area contributed by atoms with E-state index in [1.54, 1.807) is 30.3 Å². The van der Waals surface area contributed by atoms with Gasteiger partial charge in [0.15, 0.2) is 0 Å². The Bertz CT molecular complexity index is 837. The van der Waals surface area contributed by atoms with Crippen molar-refractivity contribution in [1.29, 1.82) is 0 Å². The minimum Gasteiger partial charge on any atom is -0.478 e. The Labute approximate surface area is 132 Å². The van der Waals surface area contributed by atoms with Crippen LogP contribution in [0.3, 0.4) is 0 Å². The summed E-state index contributed by atoms with van der Waals surface area (Å²) in [5.41, 5.74) is 1.74. The third-order valence-electron chi connectivity index (χ3n) is 3.44. The van der Waals surface area contributed by atoms with Crippen molar-refractivity contribution in [3.63, 3.8) is 0 Å². The highest BCUT2D eigenvalue weighted by Crippen LogP contribution is 2.17. The lowest BCUT2D eigenvalue weighted by Gasteiger charge is -2.09. The smallest absolute Gasteiger partial charge is 0.337 e. The molecular weight excluding hydrogens is 292 g/mol. The molecule has 0 saturated carbocycles. The van der Waals surface area contributed by atoms with Gasteiger partial charge in [-0.25, -0.2) is 4.79 Å². The number of hydrogen-bond donors (Lipinski definition) is 2. The van der Waals surface area contributed by atoms with E-state index in [2.05, 4.69) is 5.32 Å². The Morgan fingerprint density at radius 2 is 1.52 bits per heavy atom. The number of aromatic nitrogens is 1. The molecule has 0 atom stereocenters. The third kappa shape index (κ3) is 3.13. The fourth-order valence-corrected chi connectivity index (χ4v) is 2.26. The van der Waals surface area contributed by atoms with Crippen LogP contribution in [0.15, 0.2) is 73.1 Å². The average Bonchev–Trinajstić information content (AvgIpc) is 3.10. The fraction of sp³-hybridized carbons (Fsp3) is 0. The summed E-state index contributed by atoms with van der Waals surface area (Å²) in [4.78, 5) is 23.4. The van der Waals surface area contributed by atoms with E-state index in [4.69, 9.17) is 5.11 Å². The number of nitrogens with one attached hydrogen (secondary N) is 1. The number of carbonyl (C=O) groups excluding carboxylic acids is 1. The Morgan fingerprint density at radius 1 is 0.870 bits per heavy atom. The van der Waals surface area contributed by atoms with Crippen LogP contribution in [-0.4, -0.2) is 21.6 Å². The van der Waals surface area contributed by atoms with Gasteiger partial charge in [-0.15, -0.1) is 0 Å². The Kier molecular flexibility index (Phi) is 3.93. The normalized spacial score (nSPS) is 10.3. The molecule has 0 spiro atoms. The zero-order valence-electron chi connectivity index (χ0n) is 12.1. The molecule has 2 aromatic carbocycles. The Balaban J connectivity index is 1.80. The van der Waals surface area contributed by atoms with Crippen LogP contribution < -0.4 is 5.32 Å². The first-order valence-corrected chi connectivity index (χ1v) is 7.02. The second-order valence-electron chi connectivity index (χ2n) is 4.94. The minimum absolute atomic E-state index is 0.0600. The summed E-state index contributed by atoms with van der Waals surface area (Å²) in [6.45, 7) is 0. The van der Waals surface area contributed by atoms with Gasteiger partial charge in [-0.3, -0.25) is 4.79 Å². The Hall–Kier alpha value is -3.34. The molecule has 23 heavy (non-hydrogen) atoms. The molecule has 1 aromatic heterocycles. The lowest BCUT2D eigenvalue weighted by Crippen LogP contribution is -2.14. The van der Waals surface area contributed by atoms with Crippen LogP contribution >= 0.6 is 0 Å². The highest BCUT2D eigenvalue weighted by atomic mass is 16.4. The summed E-state index contributed by atoms with van der Waals surface area (Å²) in [6.07, 6.45) is 3.83. The van der Waals surface area contributed by atoms with Crippen LogP contribution in [0, 0.1) is 0 Å². The molecule has 0 aliphatic rings. The van der Waals surface area contributed by atoms with Gasteiger partial charge >= 0.3 is 5.97 Å². The van der Waals surface area contributed by atoms with E-state index in [0.29, 0.717) is 5.56 Å². The van der Waals surface area contributed by atoms with Crippen molar-refractivity contribution in [2.45, 2.75) is 0 Å². The van der Waals surface area contributed by atoms with Crippen molar-refractivity contribution < 1.29 is 14.7 Å². The topological polar surface area (TPSA) is 71.3 Å². The van der Waals surface area contributed by atoms with Crippen LogP contribution in [0.4, 0.5) is 5.69 Å². The summed E-state index contributed by atoms with van der Waals surface area (Å²) >= 11 is 0. The second kappa shape index (κ2) is 6.19. The number of aromatic carboxylic acids is 1. The summed E-state index contributed by atoms with van der Waals surface area (Å²) in [7, 11) is 0. The SMILES string of the molecule is O=C(Nc1ccccc1C(=O)O)c1ccc(-n2cccc2)cc1. The van der Waals surface area contributed by atoms with Gasteiger partial charge in [-0.05, 0) is 48.5 Å². The van der Waals surface area contributed by atoms with Crippen molar-refractivity contribution in [2.75, 3.05) is 5.32 Å². The second-order valence-corrected chi connectivity index (χ2v) is 4.94. The highest BCUT2D eigenvalue weighted by Gasteiger charge is 2.12. The molecule has 114 valence electrons. The van der Waals surface area contributed by atoms with E-state index in [1.165, 1.54) is 6.07 Å². The van der Waals surface area contributed by atoms with Gasteiger partial charge in [0.05, 0.1) is 11.3 Å². The van der Waals surface area contributed by atoms with Crippen molar-refractivity contribution in [3.8, 4) is 5.69 Å². The number of anilines is 1. The van der Waals surface area contributed by atoms with Crippen LogP contribution in [0.5, 0.6) is 0 Å². The monoisotopic (exact) mass is 306 g/mol. The Morgan fingerprint density at radius 3 is 2.17 bits per heavy atom. The number of rotatable bonds is 4. The number of amides is 1. The molecule has 1 amide bonds. The molecule has 0 fully saturated rings. The number of carboxylic acids is 1. The van der Waals surface area contributed by atoms with E-state index >= 15 is 0 Å². The molecule has 0 aliphatic carbocycles. The number of hydrogen-bond acceptors (Lipinski definition) is 2. The largest absolute Gasteiger partial charge is 0.478 e. The van der Waals surface area contributed by atoms with Gasteiger partial charge in [0.2, 0.25) is 0 Å². The van der Waals surface area contributed by atoms with Gasteiger partial charge in [-0.1, -0.05) is 12.1 Å². The molecule has 5 nitrogen and oxygen atoms in total. The standard InChI is InChI=1S/C18H14N2O3/c21-17(19-16-6-2-1-5-15(16)18(22)23)13-7-9-14(10-8-13)20-11-3-4-12-20/h1-12H,(H,19,21)(H,22,23). The number of carbonyl (C=O) groups is 2. The zero-order valence-corrected chi connectivity index (χ0v) is 12.1. The number of carboxylic acid groups (broad SMARTS) is 1. The maximum atomic E-state index is 12.3. The highest BCUT2D eigenvalue weighted by molar-refractivity contribution is 6.07. The summed E-state index contributed by atoms with van der Waals surface area (Å²) in [5, 5.41) is 11.8. The van der Waals surface area contributed by atoms with Crippen LogP contribution in [0.25, 0.3) is 5.69 Å². The first kappa shape index (κ1) is 14.6. The van der Waals surface area contributed by atoms with Crippen molar-refractivity contribution in [1.82, 2.24) is 4.57 Å². The van der Waals surface area contributed by atoms with E-state index in [0.717, 1.165) is 5.69 Å². The van der Waals surface area contributed by atoms with Gasteiger partial charge in [0.1, 0.15) is 0 Å². The van der Waals surface area contributed by atoms with E-state index in [-0.39, 0.29) is 17.2 Å². The maximum Gasteiger partial charge on any atom is 0.337 e. The van der Waals surface area contributed by atoms with E-state index < -0.39 is 5.97 Å². The fourth-order valence-electron chi connectivity index (χ4n) is 2.26. The van der Waals surface area contributed by atoms with E-state index in [1.807, 2.05) is 41.2 Å². The third-order valence-corrected chi connectivity index (χ3v) is 3.44. The molecule has 3 rings (SSSR count). The van der Waals surface area contributed by atoms with Crippen molar-refractivity contribution in [2.24, 2.45) is 0 Å². The number of para-hydroxylation sites is 1. The molecular formula is C18H14N2O3. The van der Waals surface area contributed by atoms with Crippen LogP contribution in [0.2, 0.25) is 0 Å². The van der Waals surface area contributed by atoms with Gasteiger partial charge in [0, 0.05) is 23.6 Å². The van der Waals surface area contributed by atoms with Gasteiger partial charge < -0.3 is 15.0 Å². The molecule has 0 saturated heterocycles. The van der Waals surface area contributed by atoms with Gasteiger partial charge in [0.25, 0.3) is 5.91 Å². The molecule has 2 N–H and O–H groups in total. The first-order chi connectivity index (χ1) is 11.1. The van der Waals surface area contributed by atoms with Gasteiger partial charge in [-0.2, -0.15) is 0 Å². The number of nitrogens with zero attached hydrogens (tertiary/aromatic N) is 1. The van der Waals surface area contributed by atoms with Crippen molar-refractivity contribution >= 4 is 17.6 Å². The minimum atomic E-state index is -1.08. The summed E-state index contributed by atoms with van der Waals surface area (Å²) < 4.78 is 1.93. The molecule has 0 radical (unpaired) electrons. The van der Waals surface area contributed by atoms with Crippen LogP contribution in [-0.2, 0) is 0 Å². The molecule has 3 aromatic rings.